The van der Waals surface area contributed by atoms with Crippen molar-refractivity contribution >= 4 is 23.3 Å². The van der Waals surface area contributed by atoms with E-state index in [1.165, 1.54) is 5.56 Å². The van der Waals surface area contributed by atoms with Gasteiger partial charge in [-0.05, 0) is 11.6 Å². The summed E-state index contributed by atoms with van der Waals surface area (Å²) in [6, 6.07) is 18.3. The molecule has 0 aliphatic carbocycles. The lowest BCUT2D eigenvalue weighted by atomic mass is 10.2. The van der Waals surface area contributed by atoms with E-state index in [2.05, 4.69) is 24.3 Å². The number of oxazole rings is 1. The van der Waals surface area contributed by atoms with Crippen molar-refractivity contribution in [3.63, 3.8) is 0 Å². The fraction of sp³-hybridized carbons (Fsp3) is 0.0556. The van der Waals surface area contributed by atoms with Gasteiger partial charge in [-0.2, -0.15) is 4.57 Å². The number of rotatable bonds is 3. The molecule has 0 saturated carbocycles. The number of allylic oxidation sites excluding steroid dienone is 2. The van der Waals surface area contributed by atoms with Crippen LogP contribution in [0.5, 0.6) is 0 Å². The van der Waals surface area contributed by atoms with Crippen molar-refractivity contribution in [2.75, 3.05) is 0 Å². The van der Waals surface area contributed by atoms with Crippen LogP contribution in [0, 0.1) is 0 Å². The zero-order valence-corrected chi connectivity index (χ0v) is 13.9. The van der Waals surface area contributed by atoms with Gasteiger partial charge in [0.1, 0.15) is 7.05 Å². The van der Waals surface area contributed by atoms with Crippen molar-refractivity contribution in [3.8, 4) is 0 Å². The first-order chi connectivity index (χ1) is 9.84. The highest BCUT2D eigenvalue weighted by Gasteiger charge is 2.14. The molecular weight excluding hydrogens is 373 g/mol. The van der Waals surface area contributed by atoms with Crippen LogP contribution in [0.2, 0.25) is 0 Å². The Morgan fingerprint density at radius 2 is 1.52 bits per heavy atom. The lowest BCUT2D eigenvalue weighted by molar-refractivity contribution is -0.652. The molecule has 2 aromatic carbocycles. The van der Waals surface area contributed by atoms with Crippen LogP contribution in [-0.4, -0.2) is 0 Å². The fourth-order valence-electron chi connectivity index (χ4n) is 2.13. The van der Waals surface area contributed by atoms with Crippen molar-refractivity contribution in [3.05, 3.63) is 78.2 Å². The second-order valence-corrected chi connectivity index (χ2v) is 4.60. The van der Waals surface area contributed by atoms with E-state index in [1.807, 2.05) is 66.2 Å². The van der Waals surface area contributed by atoms with Crippen molar-refractivity contribution in [1.82, 2.24) is 0 Å². The molecule has 0 aliphatic rings. The summed E-state index contributed by atoms with van der Waals surface area (Å²) < 4.78 is 7.84. The Hall–Kier alpha value is -1.88. The third kappa shape index (κ3) is 3.61. The first-order valence-corrected chi connectivity index (χ1v) is 6.62. The van der Waals surface area contributed by atoms with Crippen LogP contribution in [0.15, 0.2) is 71.2 Å². The summed E-state index contributed by atoms with van der Waals surface area (Å²) >= 11 is 0. The summed E-state index contributed by atoms with van der Waals surface area (Å²) in [6.07, 6.45) is 8.05. The highest BCUT2D eigenvalue weighted by Crippen LogP contribution is 2.13. The standard InChI is InChI=1S/C18H16NO.HI/c1-19-16-12-6-7-13-17(16)20-18(19)14-8-5-11-15-9-3-2-4-10-15;/h2-14H,1H3;1H/q+1;/p-1/b11-5+,14-8+;. The van der Waals surface area contributed by atoms with E-state index < -0.39 is 0 Å². The molecule has 3 aromatic rings. The molecule has 0 spiro atoms. The number of benzene rings is 2. The lowest BCUT2D eigenvalue weighted by Crippen LogP contribution is -3.00. The summed E-state index contributed by atoms with van der Waals surface area (Å²) in [5.74, 6) is 0.837. The highest BCUT2D eigenvalue weighted by atomic mass is 127. The van der Waals surface area contributed by atoms with E-state index in [1.54, 1.807) is 0 Å². The zero-order chi connectivity index (χ0) is 13.8. The summed E-state index contributed by atoms with van der Waals surface area (Å²) in [4.78, 5) is 0. The van der Waals surface area contributed by atoms with E-state index in [0.717, 1.165) is 17.0 Å². The summed E-state index contributed by atoms with van der Waals surface area (Å²) in [7, 11) is 2.01. The van der Waals surface area contributed by atoms with Crippen molar-refractivity contribution in [2.24, 2.45) is 7.05 Å². The molecule has 0 aliphatic heterocycles. The van der Waals surface area contributed by atoms with E-state index >= 15 is 0 Å². The van der Waals surface area contributed by atoms with Gasteiger partial charge < -0.3 is 28.4 Å². The molecule has 3 heteroatoms. The maximum atomic E-state index is 5.79. The van der Waals surface area contributed by atoms with Crippen LogP contribution in [0.25, 0.3) is 23.3 Å². The van der Waals surface area contributed by atoms with Crippen molar-refractivity contribution in [2.45, 2.75) is 0 Å². The molecule has 0 radical (unpaired) electrons. The normalized spacial score (nSPS) is 11.3. The largest absolute Gasteiger partial charge is 1.00 e. The van der Waals surface area contributed by atoms with Crippen molar-refractivity contribution < 1.29 is 33.0 Å². The number of para-hydroxylation sites is 2. The molecule has 0 amide bonds. The van der Waals surface area contributed by atoms with Crippen LogP contribution in [0.4, 0.5) is 0 Å². The number of nitrogens with zero attached hydrogens (tertiary/aromatic N) is 1. The zero-order valence-electron chi connectivity index (χ0n) is 11.7. The van der Waals surface area contributed by atoms with E-state index in [9.17, 15) is 0 Å². The van der Waals surface area contributed by atoms with Gasteiger partial charge in [-0.15, -0.1) is 0 Å². The Kier molecular flexibility index (Phi) is 5.33. The number of fused-ring (bicyclic) bond motifs is 1. The van der Waals surface area contributed by atoms with Gasteiger partial charge in [0.05, 0.1) is 6.08 Å². The Labute approximate surface area is 141 Å². The predicted molar refractivity (Wildman–Crippen MR) is 81.9 cm³/mol. The Morgan fingerprint density at radius 1 is 0.857 bits per heavy atom. The van der Waals surface area contributed by atoms with Gasteiger partial charge in [0.15, 0.2) is 0 Å². The van der Waals surface area contributed by atoms with Crippen LogP contribution < -0.4 is 28.5 Å². The monoisotopic (exact) mass is 389 g/mol. The fourth-order valence-corrected chi connectivity index (χ4v) is 2.13. The van der Waals surface area contributed by atoms with E-state index in [0.29, 0.717) is 0 Å². The third-order valence-corrected chi connectivity index (χ3v) is 3.21. The first kappa shape index (κ1) is 15.5. The maximum absolute atomic E-state index is 5.79. The third-order valence-electron chi connectivity index (χ3n) is 3.21. The molecule has 0 saturated heterocycles. The molecule has 1 aromatic heterocycles. The Balaban J connectivity index is 0.00000161. The van der Waals surface area contributed by atoms with E-state index in [4.69, 9.17) is 4.42 Å². The minimum atomic E-state index is 0. The van der Waals surface area contributed by atoms with Crippen LogP contribution in [0.3, 0.4) is 0 Å². The van der Waals surface area contributed by atoms with Gasteiger partial charge in [-0.25, -0.2) is 0 Å². The van der Waals surface area contributed by atoms with Gasteiger partial charge in [-0.1, -0.05) is 60.7 Å². The maximum Gasteiger partial charge on any atom is 0.373 e. The molecule has 0 unspecified atom stereocenters. The average molecular weight is 389 g/mol. The van der Waals surface area contributed by atoms with Gasteiger partial charge in [0, 0.05) is 6.07 Å². The van der Waals surface area contributed by atoms with E-state index in [-0.39, 0.29) is 24.0 Å². The quantitative estimate of drug-likeness (QED) is 0.371. The summed E-state index contributed by atoms with van der Waals surface area (Å²) in [5.41, 5.74) is 3.19. The molecule has 3 rings (SSSR count). The van der Waals surface area contributed by atoms with Crippen LogP contribution in [-0.2, 0) is 7.05 Å². The molecular formula is C18H16INO. The molecule has 0 bridgehead atoms. The summed E-state index contributed by atoms with van der Waals surface area (Å²) in [5, 5.41) is 0. The molecule has 0 fully saturated rings. The Bertz CT molecular complexity index is 772. The van der Waals surface area contributed by atoms with Gasteiger partial charge >= 0.3 is 5.89 Å². The molecule has 2 nitrogen and oxygen atoms in total. The van der Waals surface area contributed by atoms with Gasteiger partial charge in [0.25, 0.3) is 5.52 Å². The average Bonchev–Trinajstić information content (AvgIpc) is 2.82. The van der Waals surface area contributed by atoms with Gasteiger partial charge in [-0.3, -0.25) is 0 Å². The van der Waals surface area contributed by atoms with Crippen LogP contribution >= 0.6 is 0 Å². The Morgan fingerprint density at radius 3 is 2.29 bits per heavy atom. The smallest absolute Gasteiger partial charge is 0.373 e. The van der Waals surface area contributed by atoms with Crippen molar-refractivity contribution in [1.29, 1.82) is 0 Å². The molecule has 21 heavy (non-hydrogen) atoms. The molecule has 106 valence electrons. The van der Waals surface area contributed by atoms with Gasteiger partial charge in [0.2, 0.25) is 5.58 Å². The predicted octanol–water partition coefficient (Wildman–Crippen LogP) is 0.988. The lowest BCUT2D eigenvalue weighted by Gasteiger charge is -1.88. The second kappa shape index (κ2) is 7.22. The second-order valence-electron chi connectivity index (χ2n) is 4.60. The number of aryl methyl sites for hydroxylation is 1. The minimum Gasteiger partial charge on any atom is -1.00 e. The van der Waals surface area contributed by atoms with Crippen LogP contribution in [0.1, 0.15) is 11.5 Å². The number of hydrogen-bond donors (Lipinski definition) is 0. The first-order valence-electron chi connectivity index (χ1n) is 6.62. The number of aromatic nitrogens is 1. The number of halogens is 1. The summed E-state index contributed by atoms with van der Waals surface area (Å²) in [6.45, 7) is 0. The highest BCUT2D eigenvalue weighted by molar-refractivity contribution is 5.69. The molecule has 0 atom stereocenters. The molecule has 1 heterocycles. The molecule has 0 N–H and O–H groups in total. The minimum absolute atomic E-state index is 0. The number of hydrogen-bond acceptors (Lipinski definition) is 1. The topological polar surface area (TPSA) is 17.0 Å². The SMILES string of the molecule is C[n+]1c(/C=C/C=C/c2ccccc2)oc2ccccc21.[I-].